The molecule has 1 heterocycles. The van der Waals surface area contributed by atoms with Crippen molar-refractivity contribution >= 4 is 11.7 Å². The van der Waals surface area contributed by atoms with Gasteiger partial charge in [0.05, 0.1) is 18.4 Å². The van der Waals surface area contributed by atoms with E-state index in [0.29, 0.717) is 12.0 Å². The van der Waals surface area contributed by atoms with Crippen molar-refractivity contribution in [3.8, 4) is 22.5 Å². The Kier molecular flexibility index (Phi) is 8.63. The van der Waals surface area contributed by atoms with Crippen molar-refractivity contribution in [3.05, 3.63) is 107 Å². The number of nitrogens with one attached hydrogen (secondary N) is 1. The van der Waals surface area contributed by atoms with E-state index in [1.807, 2.05) is 38.1 Å². The van der Waals surface area contributed by atoms with E-state index in [0.717, 1.165) is 22.1 Å². The lowest BCUT2D eigenvalue weighted by atomic mass is 10.0. The molecule has 0 aliphatic rings. The van der Waals surface area contributed by atoms with Gasteiger partial charge in [0.1, 0.15) is 29.7 Å². The van der Waals surface area contributed by atoms with E-state index < -0.39 is 23.9 Å². The number of rotatable bonds is 10. The molecule has 0 saturated carbocycles. The summed E-state index contributed by atoms with van der Waals surface area (Å²) in [5, 5.41) is 3.14. The normalized spacial score (nSPS) is 11.7. The SMILES string of the molecule is CCCCOC(=O)Cn1c(-c2ccccc2F)ncc(N[C@H](C)c2ccc(-c3ccccc3F)cc2)c1=O. The predicted octanol–water partition coefficient (Wildman–Crippen LogP) is 6.37. The molecule has 0 radical (unpaired) electrons. The van der Waals surface area contributed by atoms with E-state index in [-0.39, 0.29) is 35.5 Å². The van der Waals surface area contributed by atoms with E-state index >= 15 is 0 Å². The first kappa shape index (κ1) is 26.7. The third-order valence-electron chi connectivity index (χ3n) is 6.18. The van der Waals surface area contributed by atoms with Crippen molar-refractivity contribution in [1.29, 1.82) is 0 Å². The van der Waals surface area contributed by atoms with Crippen LogP contribution in [-0.2, 0) is 16.1 Å². The van der Waals surface area contributed by atoms with Crippen LogP contribution < -0.4 is 10.9 Å². The van der Waals surface area contributed by atoms with Gasteiger partial charge in [0, 0.05) is 11.6 Å². The number of hydrogen-bond acceptors (Lipinski definition) is 5. The third kappa shape index (κ3) is 6.14. The van der Waals surface area contributed by atoms with Crippen LogP contribution in [0.3, 0.4) is 0 Å². The molecule has 1 aromatic heterocycles. The first-order chi connectivity index (χ1) is 18.4. The van der Waals surface area contributed by atoms with Gasteiger partial charge in [0.2, 0.25) is 0 Å². The highest BCUT2D eigenvalue weighted by Crippen LogP contribution is 2.26. The van der Waals surface area contributed by atoms with Gasteiger partial charge in [-0.05, 0) is 42.7 Å². The second kappa shape index (κ2) is 12.3. The van der Waals surface area contributed by atoms with Gasteiger partial charge in [-0.15, -0.1) is 0 Å². The van der Waals surface area contributed by atoms with Crippen molar-refractivity contribution in [2.75, 3.05) is 11.9 Å². The zero-order chi connectivity index (χ0) is 27.1. The zero-order valence-electron chi connectivity index (χ0n) is 21.3. The molecule has 3 aromatic carbocycles. The van der Waals surface area contributed by atoms with Crippen LogP contribution in [0.2, 0.25) is 0 Å². The molecule has 1 atom stereocenters. The molecule has 6 nitrogen and oxygen atoms in total. The molecule has 0 aliphatic heterocycles. The van der Waals surface area contributed by atoms with Crippen LogP contribution in [0, 0.1) is 11.6 Å². The van der Waals surface area contributed by atoms with Crippen molar-refractivity contribution < 1.29 is 18.3 Å². The summed E-state index contributed by atoms with van der Waals surface area (Å²) in [6.45, 7) is 3.68. The first-order valence-corrected chi connectivity index (χ1v) is 12.5. The van der Waals surface area contributed by atoms with Crippen molar-refractivity contribution in [3.63, 3.8) is 0 Å². The second-order valence-electron chi connectivity index (χ2n) is 8.91. The number of ether oxygens (including phenoxy) is 1. The van der Waals surface area contributed by atoms with Gasteiger partial charge in [0.25, 0.3) is 5.56 Å². The van der Waals surface area contributed by atoms with Crippen molar-refractivity contribution in [1.82, 2.24) is 9.55 Å². The number of esters is 1. The summed E-state index contributed by atoms with van der Waals surface area (Å²) in [5.74, 6) is -1.43. The van der Waals surface area contributed by atoms with E-state index in [2.05, 4.69) is 10.3 Å². The van der Waals surface area contributed by atoms with Crippen LogP contribution in [0.4, 0.5) is 14.5 Å². The summed E-state index contributed by atoms with van der Waals surface area (Å²) in [7, 11) is 0. The molecule has 8 heteroatoms. The molecule has 1 N–H and O–H groups in total. The van der Waals surface area contributed by atoms with Crippen LogP contribution in [0.5, 0.6) is 0 Å². The lowest BCUT2D eigenvalue weighted by Crippen LogP contribution is -2.30. The summed E-state index contributed by atoms with van der Waals surface area (Å²) < 4.78 is 35.1. The summed E-state index contributed by atoms with van der Waals surface area (Å²) in [4.78, 5) is 30.3. The third-order valence-corrected chi connectivity index (χ3v) is 6.18. The maximum atomic E-state index is 14.6. The Hall–Kier alpha value is -4.33. The number of carbonyl (C=O) groups is 1. The van der Waals surface area contributed by atoms with Crippen LogP contribution >= 0.6 is 0 Å². The highest BCUT2D eigenvalue weighted by atomic mass is 19.1. The molecular weight excluding hydrogens is 488 g/mol. The minimum absolute atomic E-state index is 0.0352. The number of benzene rings is 3. The predicted molar refractivity (Wildman–Crippen MR) is 144 cm³/mol. The van der Waals surface area contributed by atoms with Crippen LogP contribution in [0.25, 0.3) is 22.5 Å². The lowest BCUT2D eigenvalue weighted by molar-refractivity contribution is -0.144. The number of hydrogen-bond donors (Lipinski definition) is 1. The van der Waals surface area contributed by atoms with Gasteiger partial charge in [-0.2, -0.15) is 0 Å². The fraction of sp³-hybridized carbons (Fsp3) is 0.233. The standard InChI is InChI=1S/C30H29F2N3O3/c1-3-4-17-38-28(36)19-35-29(24-10-6-8-12-26(24)32)33-18-27(30(35)37)34-20(2)21-13-15-22(16-14-21)23-9-5-7-11-25(23)31/h5-16,18,20,34H,3-4,17,19H2,1-2H3/t20-/m1/s1. The molecule has 0 aliphatic carbocycles. The van der Waals surface area contributed by atoms with Gasteiger partial charge >= 0.3 is 5.97 Å². The monoisotopic (exact) mass is 517 g/mol. The Labute approximate surface area is 219 Å². The summed E-state index contributed by atoms with van der Waals surface area (Å²) in [6.07, 6.45) is 2.90. The lowest BCUT2D eigenvalue weighted by Gasteiger charge is -2.18. The zero-order valence-corrected chi connectivity index (χ0v) is 21.3. The molecule has 38 heavy (non-hydrogen) atoms. The maximum absolute atomic E-state index is 14.6. The quantitative estimate of drug-likeness (QED) is 0.195. The smallest absolute Gasteiger partial charge is 0.326 e. The molecule has 0 unspecified atom stereocenters. The number of halogens is 2. The molecule has 0 spiro atoms. The number of aromatic nitrogens is 2. The molecule has 0 saturated heterocycles. The Morgan fingerprint density at radius 2 is 1.61 bits per heavy atom. The van der Waals surface area contributed by atoms with Crippen LogP contribution in [0.1, 0.15) is 38.3 Å². The Morgan fingerprint density at radius 1 is 0.974 bits per heavy atom. The number of nitrogens with zero attached hydrogens (tertiary/aromatic N) is 2. The van der Waals surface area contributed by atoms with Crippen LogP contribution in [0.15, 0.2) is 83.8 Å². The van der Waals surface area contributed by atoms with Crippen LogP contribution in [-0.4, -0.2) is 22.1 Å². The largest absolute Gasteiger partial charge is 0.464 e. The van der Waals surface area contributed by atoms with Gasteiger partial charge < -0.3 is 10.1 Å². The highest BCUT2D eigenvalue weighted by Gasteiger charge is 2.19. The van der Waals surface area contributed by atoms with Gasteiger partial charge in [-0.3, -0.25) is 14.2 Å². The molecular formula is C30H29F2N3O3. The molecule has 0 fully saturated rings. The van der Waals surface area contributed by atoms with E-state index in [9.17, 15) is 18.4 Å². The summed E-state index contributed by atoms with van der Waals surface area (Å²) >= 11 is 0. The van der Waals surface area contributed by atoms with Gasteiger partial charge in [-0.25, -0.2) is 13.8 Å². The van der Waals surface area contributed by atoms with Crippen molar-refractivity contribution in [2.45, 2.75) is 39.3 Å². The average Bonchev–Trinajstić information content (AvgIpc) is 2.92. The second-order valence-corrected chi connectivity index (χ2v) is 8.91. The van der Waals surface area contributed by atoms with E-state index in [1.54, 1.807) is 24.3 Å². The van der Waals surface area contributed by atoms with Crippen molar-refractivity contribution in [2.24, 2.45) is 0 Å². The first-order valence-electron chi connectivity index (χ1n) is 12.5. The fourth-order valence-corrected chi connectivity index (χ4v) is 4.06. The average molecular weight is 518 g/mol. The molecule has 4 rings (SSSR count). The van der Waals surface area contributed by atoms with Gasteiger partial charge in [-0.1, -0.05) is 67.9 Å². The highest BCUT2D eigenvalue weighted by molar-refractivity contribution is 5.71. The summed E-state index contributed by atoms with van der Waals surface area (Å²) in [6, 6.07) is 19.5. The Bertz CT molecular complexity index is 1470. The van der Waals surface area contributed by atoms with Gasteiger partial charge in [0.15, 0.2) is 0 Å². The topological polar surface area (TPSA) is 73.2 Å². The van der Waals surface area contributed by atoms with E-state index in [1.165, 1.54) is 30.5 Å². The summed E-state index contributed by atoms with van der Waals surface area (Å²) in [5.41, 5.74) is 1.82. The minimum Gasteiger partial charge on any atom is -0.464 e. The molecule has 4 aromatic rings. The number of unbranched alkanes of at least 4 members (excludes halogenated alkanes) is 1. The minimum atomic E-state index is -0.603. The maximum Gasteiger partial charge on any atom is 0.326 e. The fourth-order valence-electron chi connectivity index (χ4n) is 4.06. The number of carbonyl (C=O) groups excluding carboxylic acids is 1. The molecule has 196 valence electrons. The molecule has 0 bridgehead atoms. The number of anilines is 1. The Morgan fingerprint density at radius 3 is 2.24 bits per heavy atom. The Balaban J connectivity index is 1.61. The van der Waals surface area contributed by atoms with E-state index in [4.69, 9.17) is 4.74 Å². The molecule has 0 amide bonds.